The predicted octanol–water partition coefficient (Wildman–Crippen LogP) is 6.27. The fourth-order valence-corrected chi connectivity index (χ4v) is 5.15. The Bertz CT molecular complexity index is 1440. The highest BCUT2D eigenvalue weighted by molar-refractivity contribution is 7.89. The lowest BCUT2D eigenvalue weighted by Crippen LogP contribution is -2.37. The van der Waals surface area contributed by atoms with Crippen LogP contribution in [0.4, 0.5) is 5.69 Å². The molecule has 4 aromatic carbocycles. The smallest absolute Gasteiger partial charge is 0.243 e. The SMILES string of the molecule is Cc1ccc(S(=O)(=O)N(CC(=O)Nc2ccccc2Oc2ccccc2)Cc2cccc(Cl)c2)cc1. The van der Waals surface area contributed by atoms with Crippen molar-refractivity contribution in [1.82, 2.24) is 4.31 Å². The molecule has 0 bridgehead atoms. The highest BCUT2D eigenvalue weighted by Gasteiger charge is 2.27. The molecule has 4 rings (SSSR count). The van der Waals surface area contributed by atoms with E-state index in [4.69, 9.17) is 16.3 Å². The lowest BCUT2D eigenvalue weighted by molar-refractivity contribution is -0.116. The van der Waals surface area contributed by atoms with Gasteiger partial charge in [-0.3, -0.25) is 4.79 Å². The number of anilines is 1. The molecule has 0 aliphatic carbocycles. The van der Waals surface area contributed by atoms with Crippen molar-refractivity contribution in [2.45, 2.75) is 18.4 Å². The van der Waals surface area contributed by atoms with Crippen LogP contribution in [0, 0.1) is 6.92 Å². The Kier molecular flexibility index (Phi) is 8.05. The Labute approximate surface area is 216 Å². The molecule has 0 aliphatic rings. The fourth-order valence-electron chi connectivity index (χ4n) is 3.55. The third-order valence-electron chi connectivity index (χ3n) is 5.36. The number of halogens is 1. The number of nitrogens with one attached hydrogen (secondary N) is 1. The number of nitrogens with zero attached hydrogens (tertiary/aromatic N) is 1. The molecule has 0 radical (unpaired) electrons. The quantitative estimate of drug-likeness (QED) is 0.282. The summed E-state index contributed by atoms with van der Waals surface area (Å²) in [6, 6.07) is 29.6. The first-order valence-corrected chi connectivity index (χ1v) is 13.1. The van der Waals surface area contributed by atoms with Crippen LogP contribution in [0.3, 0.4) is 0 Å². The lowest BCUT2D eigenvalue weighted by atomic mass is 10.2. The van der Waals surface area contributed by atoms with Gasteiger partial charge in [0.15, 0.2) is 5.75 Å². The maximum atomic E-state index is 13.5. The standard InChI is InChI=1S/C28H25ClN2O4S/c1-21-14-16-25(17-15-21)36(33,34)31(19-22-8-7-9-23(29)18-22)20-28(32)30-26-12-5-6-13-27(26)35-24-10-3-2-4-11-24/h2-18H,19-20H2,1H3,(H,30,32). The van der Waals surface area contributed by atoms with Crippen LogP contribution in [0.2, 0.25) is 5.02 Å². The molecule has 0 fully saturated rings. The number of rotatable bonds is 9. The second kappa shape index (κ2) is 11.4. The molecule has 0 spiro atoms. The average molecular weight is 521 g/mol. The van der Waals surface area contributed by atoms with Gasteiger partial charge in [0.1, 0.15) is 5.75 Å². The normalized spacial score (nSPS) is 11.3. The van der Waals surface area contributed by atoms with E-state index in [1.165, 1.54) is 12.1 Å². The van der Waals surface area contributed by atoms with Gasteiger partial charge in [-0.25, -0.2) is 8.42 Å². The molecule has 0 atom stereocenters. The third-order valence-corrected chi connectivity index (χ3v) is 7.40. The number of hydrogen-bond donors (Lipinski definition) is 1. The summed E-state index contributed by atoms with van der Waals surface area (Å²) in [5, 5.41) is 3.28. The minimum atomic E-state index is -3.98. The van der Waals surface area contributed by atoms with Gasteiger partial charge in [-0.2, -0.15) is 4.31 Å². The fraction of sp³-hybridized carbons (Fsp3) is 0.107. The first kappa shape index (κ1) is 25.4. The van der Waals surface area contributed by atoms with E-state index < -0.39 is 22.5 Å². The monoisotopic (exact) mass is 520 g/mol. The highest BCUT2D eigenvalue weighted by atomic mass is 35.5. The van der Waals surface area contributed by atoms with Crippen LogP contribution in [-0.4, -0.2) is 25.2 Å². The number of sulfonamides is 1. The third kappa shape index (κ3) is 6.51. The molecule has 4 aromatic rings. The Morgan fingerprint density at radius 2 is 1.58 bits per heavy atom. The molecule has 6 nitrogen and oxygen atoms in total. The number of aryl methyl sites for hydroxylation is 1. The molecule has 0 aromatic heterocycles. The molecule has 0 heterocycles. The van der Waals surface area contributed by atoms with E-state index in [9.17, 15) is 13.2 Å². The highest BCUT2D eigenvalue weighted by Crippen LogP contribution is 2.29. The second-order valence-corrected chi connectivity index (χ2v) is 10.5. The van der Waals surface area contributed by atoms with Gasteiger partial charge in [-0.05, 0) is 61.0 Å². The topological polar surface area (TPSA) is 75.7 Å². The van der Waals surface area contributed by atoms with Gasteiger partial charge in [-0.1, -0.05) is 71.8 Å². The van der Waals surface area contributed by atoms with Crippen molar-refractivity contribution >= 4 is 33.2 Å². The largest absolute Gasteiger partial charge is 0.455 e. The van der Waals surface area contributed by atoms with Crippen LogP contribution in [0.15, 0.2) is 108 Å². The minimum Gasteiger partial charge on any atom is -0.455 e. The van der Waals surface area contributed by atoms with Gasteiger partial charge < -0.3 is 10.1 Å². The molecule has 36 heavy (non-hydrogen) atoms. The van der Waals surface area contributed by atoms with Crippen molar-refractivity contribution in [1.29, 1.82) is 0 Å². The summed E-state index contributed by atoms with van der Waals surface area (Å²) in [6.07, 6.45) is 0. The van der Waals surface area contributed by atoms with Crippen molar-refractivity contribution in [3.8, 4) is 11.5 Å². The van der Waals surface area contributed by atoms with Crippen molar-refractivity contribution in [3.63, 3.8) is 0 Å². The van der Waals surface area contributed by atoms with Crippen molar-refractivity contribution in [3.05, 3.63) is 119 Å². The van der Waals surface area contributed by atoms with Crippen LogP contribution in [0.5, 0.6) is 11.5 Å². The minimum absolute atomic E-state index is 0.0215. The summed E-state index contributed by atoms with van der Waals surface area (Å²) in [5.41, 5.74) is 2.03. The van der Waals surface area contributed by atoms with Gasteiger partial charge in [0, 0.05) is 11.6 Å². The van der Waals surface area contributed by atoms with E-state index in [-0.39, 0.29) is 11.4 Å². The van der Waals surface area contributed by atoms with Crippen molar-refractivity contribution in [2.24, 2.45) is 0 Å². The van der Waals surface area contributed by atoms with E-state index in [0.29, 0.717) is 27.8 Å². The lowest BCUT2D eigenvalue weighted by Gasteiger charge is -2.22. The van der Waals surface area contributed by atoms with Crippen LogP contribution >= 0.6 is 11.6 Å². The molecule has 1 N–H and O–H groups in total. The second-order valence-electron chi connectivity index (χ2n) is 8.18. The molecule has 0 saturated heterocycles. The van der Waals surface area contributed by atoms with Gasteiger partial charge in [0.2, 0.25) is 15.9 Å². The Morgan fingerprint density at radius 3 is 2.31 bits per heavy atom. The number of amides is 1. The molecule has 1 amide bonds. The molecular weight excluding hydrogens is 496 g/mol. The van der Waals surface area contributed by atoms with Crippen LogP contribution in [0.25, 0.3) is 0 Å². The number of benzene rings is 4. The zero-order valence-corrected chi connectivity index (χ0v) is 21.2. The van der Waals surface area contributed by atoms with Crippen molar-refractivity contribution in [2.75, 3.05) is 11.9 Å². The van der Waals surface area contributed by atoms with E-state index in [1.54, 1.807) is 72.8 Å². The van der Waals surface area contributed by atoms with Crippen LogP contribution in [-0.2, 0) is 21.4 Å². The van der Waals surface area contributed by atoms with E-state index >= 15 is 0 Å². The first-order valence-electron chi connectivity index (χ1n) is 11.2. The Morgan fingerprint density at radius 1 is 0.889 bits per heavy atom. The molecule has 0 unspecified atom stereocenters. The summed E-state index contributed by atoms with van der Waals surface area (Å²) in [7, 11) is -3.98. The molecular formula is C28H25ClN2O4S. The number of ether oxygens (including phenoxy) is 1. The molecule has 0 saturated carbocycles. The predicted molar refractivity (Wildman–Crippen MR) is 142 cm³/mol. The maximum absolute atomic E-state index is 13.5. The number of carbonyl (C=O) groups excluding carboxylic acids is 1. The summed E-state index contributed by atoms with van der Waals surface area (Å²) in [6.45, 7) is 1.46. The van der Waals surface area contributed by atoms with Gasteiger partial charge >= 0.3 is 0 Å². The average Bonchev–Trinajstić information content (AvgIpc) is 2.86. The Balaban J connectivity index is 1.58. The zero-order valence-electron chi connectivity index (χ0n) is 19.6. The summed E-state index contributed by atoms with van der Waals surface area (Å²) in [5.74, 6) is 0.556. The number of carbonyl (C=O) groups is 1. The van der Waals surface area contributed by atoms with E-state index in [2.05, 4.69) is 5.32 Å². The van der Waals surface area contributed by atoms with Gasteiger partial charge in [-0.15, -0.1) is 0 Å². The van der Waals surface area contributed by atoms with E-state index in [1.807, 2.05) is 25.1 Å². The van der Waals surface area contributed by atoms with Gasteiger partial charge in [0.25, 0.3) is 0 Å². The number of hydrogen-bond acceptors (Lipinski definition) is 4. The summed E-state index contributed by atoms with van der Waals surface area (Å²) >= 11 is 6.11. The zero-order chi connectivity index (χ0) is 25.5. The first-order chi connectivity index (χ1) is 17.3. The maximum Gasteiger partial charge on any atom is 0.243 e. The molecule has 0 aliphatic heterocycles. The molecule has 184 valence electrons. The Hall–Kier alpha value is -3.65. The van der Waals surface area contributed by atoms with Gasteiger partial charge in [0.05, 0.1) is 17.1 Å². The van der Waals surface area contributed by atoms with Crippen LogP contribution < -0.4 is 10.1 Å². The molecule has 8 heteroatoms. The summed E-state index contributed by atoms with van der Waals surface area (Å²) in [4.78, 5) is 13.2. The van der Waals surface area contributed by atoms with Crippen molar-refractivity contribution < 1.29 is 17.9 Å². The number of para-hydroxylation sites is 3. The van der Waals surface area contributed by atoms with E-state index in [0.717, 1.165) is 9.87 Å². The van der Waals surface area contributed by atoms with Crippen LogP contribution in [0.1, 0.15) is 11.1 Å². The summed E-state index contributed by atoms with van der Waals surface area (Å²) < 4.78 is 34.1.